The highest BCUT2D eigenvalue weighted by molar-refractivity contribution is 5.70. The number of aromatic nitrogens is 1. The first-order valence-electron chi connectivity index (χ1n) is 6.98. The van der Waals surface area contributed by atoms with E-state index in [1.54, 1.807) is 0 Å². The summed E-state index contributed by atoms with van der Waals surface area (Å²) >= 11 is 0. The van der Waals surface area contributed by atoms with Crippen LogP contribution >= 0.6 is 0 Å². The molecule has 1 aromatic rings. The first-order valence-corrected chi connectivity index (χ1v) is 6.98. The summed E-state index contributed by atoms with van der Waals surface area (Å²) in [5.41, 5.74) is 0.0605. The molecule has 1 heterocycles. The van der Waals surface area contributed by atoms with Gasteiger partial charge in [0.1, 0.15) is 5.76 Å². The smallest absolute Gasteiger partial charge is 0.306 e. The number of carbonyl (C=O) groups is 1. The summed E-state index contributed by atoms with van der Waals surface area (Å²) in [6.07, 6.45) is 2.09. The number of carboxylic acids is 1. The molecule has 1 fully saturated rings. The Morgan fingerprint density at radius 2 is 2.10 bits per heavy atom. The van der Waals surface area contributed by atoms with Crippen molar-refractivity contribution in [2.24, 2.45) is 5.92 Å². The van der Waals surface area contributed by atoms with Crippen molar-refractivity contribution in [2.45, 2.75) is 51.7 Å². The summed E-state index contributed by atoms with van der Waals surface area (Å²) < 4.78 is 5.45. The zero-order valence-electron chi connectivity index (χ0n) is 12.0. The molecule has 0 amide bonds. The van der Waals surface area contributed by atoms with Crippen LogP contribution in [0.5, 0.6) is 0 Å². The molecule has 0 radical (unpaired) electrons. The van der Waals surface area contributed by atoms with Crippen LogP contribution in [0.15, 0.2) is 4.42 Å². The number of hydrogen-bond donors (Lipinski definition) is 3. The Morgan fingerprint density at radius 1 is 1.45 bits per heavy atom. The molecule has 0 bridgehead atoms. The molecule has 1 aliphatic carbocycles. The van der Waals surface area contributed by atoms with Crippen LogP contribution in [-0.4, -0.2) is 33.3 Å². The molecular formula is C14H22N2O4. The molecule has 0 saturated heterocycles. The highest BCUT2D eigenvalue weighted by atomic mass is 16.4. The molecule has 1 aliphatic rings. The zero-order chi connectivity index (χ0) is 14.8. The van der Waals surface area contributed by atoms with E-state index in [0.29, 0.717) is 44.7 Å². The van der Waals surface area contributed by atoms with Crippen LogP contribution in [0.2, 0.25) is 0 Å². The fraction of sp³-hybridized carbons (Fsp3) is 0.714. The van der Waals surface area contributed by atoms with Crippen molar-refractivity contribution in [3.8, 4) is 0 Å². The van der Waals surface area contributed by atoms with E-state index in [1.807, 2.05) is 13.8 Å². The van der Waals surface area contributed by atoms with Gasteiger partial charge in [0.15, 0.2) is 0 Å². The number of nitrogens with zero attached hydrogens (tertiary/aromatic N) is 1. The maximum Gasteiger partial charge on any atom is 0.306 e. The summed E-state index contributed by atoms with van der Waals surface area (Å²) in [5.74, 6) is 0.350. The molecule has 6 heteroatoms. The third-order valence-corrected chi connectivity index (χ3v) is 4.07. The number of oxazole rings is 1. The van der Waals surface area contributed by atoms with Crippen molar-refractivity contribution >= 4 is 5.97 Å². The summed E-state index contributed by atoms with van der Waals surface area (Å²) in [7, 11) is 0. The summed E-state index contributed by atoms with van der Waals surface area (Å²) in [5, 5.41) is 22.5. The van der Waals surface area contributed by atoms with Gasteiger partial charge >= 0.3 is 5.97 Å². The van der Waals surface area contributed by atoms with Crippen LogP contribution in [0.4, 0.5) is 0 Å². The summed E-state index contributed by atoms with van der Waals surface area (Å²) in [6, 6.07) is 0. The largest absolute Gasteiger partial charge is 0.481 e. The van der Waals surface area contributed by atoms with Crippen molar-refractivity contribution in [3.05, 3.63) is 17.3 Å². The molecule has 0 aliphatic heterocycles. The second-order valence-corrected chi connectivity index (χ2v) is 5.69. The van der Waals surface area contributed by atoms with Crippen molar-refractivity contribution < 1.29 is 19.4 Å². The van der Waals surface area contributed by atoms with Gasteiger partial charge in [0, 0.05) is 6.54 Å². The van der Waals surface area contributed by atoms with E-state index >= 15 is 0 Å². The molecule has 0 spiro atoms. The van der Waals surface area contributed by atoms with Gasteiger partial charge in [-0.25, -0.2) is 4.98 Å². The molecule has 1 aromatic heterocycles. The minimum Gasteiger partial charge on any atom is -0.481 e. The average Bonchev–Trinajstić information content (AvgIpc) is 2.69. The molecule has 0 unspecified atom stereocenters. The van der Waals surface area contributed by atoms with Gasteiger partial charge in [-0.3, -0.25) is 4.79 Å². The fourth-order valence-electron chi connectivity index (χ4n) is 2.60. The quantitative estimate of drug-likeness (QED) is 0.755. The standard InChI is InChI=1S/C14H22N2O4/c1-9-10(2)20-12(16-9)7-15-8-14(19)5-3-11(4-6-14)13(17)18/h11,15,19H,3-8H2,1-2H3,(H,17,18). The van der Waals surface area contributed by atoms with Gasteiger partial charge < -0.3 is 19.9 Å². The van der Waals surface area contributed by atoms with Gasteiger partial charge in [0.25, 0.3) is 0 Å². The van der Waals surface area contributed by atoms with Crippen LogP contribution in [0.25, 0.3) is 0 Å². The number of aliphatic carboxylic acids is 1. The van der Waals surface area contributed by atoms with E-state index < -0.39 is 11.6 Å². The summed E-state index contributed by atoms with van der Waals surface area (Å²) in [4.78, 5) is 15.1. The number of nitrogens with one attached hydrogen (secondary N) is 1. The first-order chi connectivity index (χ1) is 9.39. The predicted octanol–water partition coefficient (Wildman–Crippen LogP) is 1.39. The Hall–Kier alpha value is -1.40. The molecule has 112 valence electrons. The molecule has 6 nitrogen and oxygen atoms in total. The van der Waals surface area contributed by atoms with Gasteiger partial charge in [-0.05, 0) is 39.5 Å². The third-order valence-electron chi connectivity index (χ3n) is 4.07. The molecule has 0 aromatic carbocycles. The molecule has 20 heavy (non-hydrogen) atoms. The SMILES string of the molecule is Cc1nc(CNCC2(O)CCC(C(=O)O)CC2)oc1C. The molecule has 3 N–H and O–H groups in total. The summed E-state index contributed by atoms with van der Waals surface area (Å²) in [6.45, 7) is 4.66. The second kappa shape index (κ2) is 5.93. The lowest BCUT2D eigenvalue weighted by molar-refractivity contribution is -0.144. The lowest BCUT2D eigenvalue weighted by Crippen LogP contribution is -2.44. The number of aliphatic hydroxyl groups is 1. The van der Waals surface area contributed by atoms with Crippen molar-refractivity contribution in [2.75, 3.05) is 6.54 Å². The lowest BCUT2D eigenvalue weighted by Gasteiger charge is -2.34. The van der Waals surface area contributed by atoms with Gasteiger partial charge in [-0.1, -0.05) is 0 Å². The van der Waals surface area contributed by atoms with Gasteiger partial charge in [0.05, 0.1) is 23.8 Å². The van der Waals surface area contributed by atoms with Gasteiger partial charge in [-0.2, -0.15) is 0 Å². The maximum absolute atomic E-state index is 10.9. The van der Waals surface area contributed by atoms with Crippen LogP contribution < -0.4 is 5.32 Å². The number of carboxylic acid groups (broad SMARTS) is 1. The molecule has 0 atom stereocenters. The Kier molecular flexibility index (Phi) is 4.45. The number of aryl methyl sites for hydroxylation is 2. The lowest BCUT2D eigenvalue weighted by atomic mass is 9.79. The normalized spacial score (nSPS) is 26.6. The van der Waals surface area contributed by atoms with E-state index in [-0.39, 0.29) is 5.92 Å². The minimum absolute atomic E-state index is 0.313. The number of hydrogen-bond acceptors (Lipinski definition) is 5. The van der Waals surface area contributed by atoms with Crippen LogP contribution in [0.1, 0.15) is 43.0 Å². The zero-order valence-corrected chi connectivity index (χ0v) is 12.0. The fourth-order valence-corrected chi connectivity index (χ4v) is 2.60. The topological polar surface area (TPSA) is 95.6 Å². The average molecular weight is 282 g/mol. The van der Waals surface area contributed by atoms with E-state index in [0.717, 1.165) is 11.5 Å². The van der Waals surface area contributed by atoms with Crippen molar-refractivity contribution in [3.63, 3.8) is 0 Å². The van der Waals surface area contributed by atoms with E-state index in [2.05, 4.69) is 10.3 Å². The molecule has 2 rings (SSSR count). The monoisotopic (exact) mass is 282 g/mol. The maximum atomic E-state index is 10.9. The predicted molar refractivity (Wildman–Crippen MR) is 72.2 cm³/mol. The molecular weight excluding hydrogens is 260 g/mol. The van der Waals surface area contributed by atoms with E-state index in [4.69, 9.17) is 9.52 Å². The Labute approximate surface area is 118 Å². The van der Waals surface area contributed by atoms with Crippen molar-refractivity contribution in [1.82, 2.24) is 10.3 Å². The van der Waals surface area contributed by atoms with Gasteiger partial charge in [-0.15, -0.1) is 0 Å². The van der Waals surface area contributed by atoms with Crippen molar-refractivity contribution in [1.29, 1.82) is 0 Å². The highest BCUT2D eigenvalue weighted by Gasteiger charge is 2.35. The van der Waals surface area contributed by atoms with Crippen LogP contribution in [0, 0.1) is 19.8 Å². The van der Waals surface area contributed by atoms with Crippen LogP contribution in [-0.2, 0) is 11.3 Å². The molecule has 1 saturated carbocycles. The minimum atomic E-state index is -0.817. The van der Waals surface area contributed by atoms with Gasteiger partial charge in [0.2, 0.25) is 5.89 Å². The number of rotatable bonds is 5. The van der Waals surface area contributed by atoms with Crippen LogP contribution in [0.3, 0.4) is 0 Å². The van der Waals surface area contributed by atoms with E-state index in [9.17, 15) is 9.90 Å². The Morgan fingerprint density at radius 3 is 2.60 bits per heavy atom. The highest BCUT2D eigenvalue weighted by Crippen LogP contribution is 2.31. The Balaban J connectivity index is 1.78. The first kappa shape index (κ1) is 15.0. The van der Waals surface area contributed by atoms with E-state index in [1.165, 1.54) is 0 Å². The second-order valence-electron chi connectivity index (χ2n) is 5.69. The third kappa shape index (κ3) is 3.58. The Bertz CT molecular complexity index is 456.